The maximum Gasteiger partial charge on any atom is 0.270 e. The molecule has 1 aliphatic heterocycles. The van der Waals surface area contributed by atoms with E-state index in [0.717, 1.165) is 32.1 Å². The number of nitrogens with zero attached hydrogens (tertiary/aromatic N) is 3. The summed E-state index contributed by atoms with van der Waals surface area (Å²) in [5, 5.41) is 2.36. The minimum atomic E-state index is -0.659. The predicted molar refractivity (Wildman–Crippen MR) is 107 cm³/mol. The number of nitrogens with one attached hydrogen (secondary N) is 1. The average Bonchev–Trinajstić information content (AvgIpc) is 3.17. The lowest BCUT2D eigenvalue weighted by molar-refractivity contribution is 0.0944. The summed E-state index contributed by atoms with van der Waals surface area (Å²) in [6.07, 6.45) is 3.79. The van der Waals surface area contributed by atoms with Gasteiger partial charge in [-0.15, -0.1) is 0 Å². The highest BCUT2D eigenvalue weighted by molar-refractivity contribution is 5.92. The van der Waals surface area contributed by atoms with Crippen LogP contribution >= 0.6 is 0 Å². The summed E-state index contributed by atoms with van der Waals surface area (Å²) in [5.74, 6) is -0.425. The molecule has 3 rings (SSSR count). The van der Waals surface area contributed by atoms with Crippen LogP contribution in [0.4, 0.5) is 14.5 Å². The molecule has 0 radical (unpaired) electrons. The number of hydrogen-bond donors (Lipinski definition) is 1. The summed E-state index contributed by atoms with van der Waals surface area (Å²) in [7, 11) is 0. The maximum atomic E-state index is 14.5. The van der Waals surface area contributed by atoms with E-state index in [-0.39, 0.29) is 12.2 Å². The smallest absolute Gasteiger partial charge is 0.270 e. The molecule has 1 aliphatic carbocycles. The quantitative estimate of drug-likeness (QED) is 0.779. The Bertz CT molecular complexity index is 683. The molecule has 2 unspecified atom stereocenters. The highest BCUT2D eigenvalue weighted by atomic mass is 19.1. The molecule has 0 bridgehead atoms. The van der Waals surface area contributed by atoms with E-state index in [2.05, 4.69) is 36.0 Å². The molecule has 1 N–H and O–H groups in total. The van der Waals surface area contributed by atoms with Gasteiger partial charge in [-0.25, -0.2) is 9.37 Å². The lowest BCUT2D eigenvalue weighted by Crippen LogP contribution is -2.50. The van der Waals surface area contributed by atoms with Gasteiger partial charge < -0.3 is 10.2 Å². The van der Waals surface area contributed by atoms with E-state index in [4.69, 9.17) is 0 Å². The molecule has 0 spiro atoms. The second kappa shape index (κ2) is 8.72. The number of aromatic nitrogens is 1. The second-order valence-electron chi connectivity index (χ2n) is 9.00. The van der Waals surface area contributed by atoms with Gasteiger partial charge in [0.25, 0.3) is 5.91 Å². The number of carbonyl (C=O) groups excluding carboxylic acids is 1. The predicted octanol–water partition coefficient (Wildman–Crippen LogP) is 3.26. The van der Waals surface area contributed by atoms with Crippen LogP contribution < -0.4 is 10.2 Å². The number of alkyl halides is 1. The van der Waals surface area contributed by atoms with E-state index >= 15 is 0 Å². The number of rotatable bonds is 5. The maximum absolute atomic E-state index is 14.5. The van der Waals surface area contributed by atoms with Crippen molar-refractivity contribution in [1.29, 1.82) is 0 Å². The molecule has 0 aromatic carbocycles. The van der Waals surface area contributed by atoms with Crippen molar-refractivity contribution in [1.82, 2.24) is 15.2 Å². The average molecular weight is 395 g/mol. The second-order valence-corrected chi connectivity index (χ2v) is 9.00. The van der Waals surface area contributed by atoms with Crippen molar-refractivity contribution in [2.24, 2.45) is 11.3 Å². The van der Waals surface area contributed by atoms with E-state index in [9.17, 15) is 13.6 Å². The SMILES string of the molecule is CC(C)(C)C1CCC(N2CCN(c3ccc(C(=O)NCCF)nc3F)CC2)C1. The van der Waals surface area contributed by atoms with Gasteiger partial charge in [-0.05, 0) is 42.7 Å². The summed E-state index contributed by atoms with van der Waals surface area (Å²) in [5.41, 5.74) is 0.775. The van der Waals surface area contributed by atoms with Crippen LogP contribution in [0.15, 0.2) is 12.1 Å². The minimum Gasteiger partial charge on any atom is -0.365 e. The molecular weight excluding hydrogens is 362 g/mol. The van der Waals surface area contributed by atoms with Gasteiger partial charge in [0, 0.05) is 38.8 Å². The zero-order valence-electron chi connectivity index (χ0n) is 17.2. The lowest BCUT2D eigenvalue weighted by Gasteiger charge is -2.39. The molecule has 2 atom stereocenters. The highest BCUT2D eigenvalue weighted by Crippen LogP contribution is 2.41. The van der Waals surface area contributed by atoms with Crippen molar-refractivity contribution < 1.29 is 13.6 Å². The zero-order chi connectivity index (χ0) is 20.3. The molecule has 28 heavy (non-hydrogen) atoms. The van der Waals surface area contributed by atoms with Crippen LogP contribution in [-0.4, -0.2) is 61.2 Å². The molecule has 2 heterocycles. The number of piperazine rings is 1. The first-order valence-electron chi connectivity index (χ1n) is 10.3. The monoisotopic (exact) mass is 394 g/mol. The largest absolute Gasteiger partial charge is 0.365 e. The van der Waals surface area contributed by atoms with Gasteiger partial charge in [-0.3, -0.25) is 9.69 Å². The first kappa shape index (κ1) is 21.0. The third-order valence-electron chi connectivity index (χ3n) is 6.24. The summed E-state index contributed by atoms with van der Waals surface area (Å²) in [4.78, 5) is 20.1. The van der Waals surface area contributed by atoms with Crippen LogP contribution in [0.3, 0.4) is 0 Å². The molecule has 1 aromatic heterocycles. The molecule has 2 fully saturated rings. The standard InChI is InChI=1S/C21H32F2N4O/c1-21(2,3)15-4-5-16(14-15)26-10-12-27(13-11-26)18-7-6-17(25-19(18)23)20(28)24-9-8-22/h6-7,15-16H,4-5,8-14H2,1-3H3,(H,24,28). The van der Waals surface area contributed by atoms with Crippen LogP contribution in [0.2, 0.25) is 0 Å². The zero-order valence-corrected chi connectivity index (χ0v) is 17.2. The summed E-state index contributed by atoms with van der Waals surface area (Å²) >= 11 is 0. The first-order valence-corrected chi connectivity index (χ1v) is 10.3. The van der Waals surface area contributed by atoms with Crippen LogP contribution in [0.25, 0.3) is 0 Å². The van der Waals surface area contributed by atoms with E-state index in [1.54, 1.807) is 6.07 Å². The molecule has 7 heteroatoms. The van der Waals surface area contributed by atoms with Crippen molar-refractivity contribution in [2.45, 2.75) is 46.1 Å². The molecule has 1 amide bonds. The molecule has 1 saturated carbocycles. The van der Waals surface area contributed by atoms with Crippen molar-refractivity contribution in [3.8, 4) is 0 Å². The Kier molecular flexibility index (Phi) is 6.53. The summed E-state index contributed by atoms with van der Waals surface area (Å²) in [6.45, 7) is 9.57. The van der Waals surface area contributed by atoms with Crippen molar-refractivity contribution >= 4 is 11.6 Å². The van der Waals surface area contributed by atoms with Crippen molar-refractivity contribution in [3.63, 3.8) is 0 Å². The molecule has 5 nitrogen and oxygen atoms in total. The van der Waals surface area contributed by atoms with Gasteiger partial charge in [0.05, 0.1) is 5.69 Å². The van der Waals surface area contributed by atoms with Crippen LogP contribution in [-0.2, 0) is 0 Å². The Hall–Kier alpha value is -1.76. The van der Waals surface area contributed by atoms with E-state index in [0.29, 0.717) is 17.1 Å². The van der Waals surface area contributed by atoms with Crippen LogP contribution in [0.1, 0.15) is 50.5 Å². The van der Waals surface area contributed by atoms with Crippen LogP contribution in [0, 0.1) is 17.3 Å². The van der Waals surface area contributed by atoms with E-state index in [1.165, 1.54) is 25.3 Å². The Morgan fingerprint density at radius 2 is 1.93 bits per heavy atom. The summed E-state index contributed by atoms with van der Waals surface area (Å²) < 4.78 is 26.6. The fourth-order valence-electron chi connectivity index (χ4n) is 4.44. The molecular formula is C21H32F2N4O. The number of pyridine rings is 1. The van der Waals surface area contributed by atoms with Gasteiger partial charge in [-0.1, -0.05) is 20.8 Å². The highest BCUT2D eigenvalue weighted by Gasteiger charge is 2.36. The van der Waals surface area contributed by atoms with Gasteiger partial charge in [0.15, 0.2) is 0 Å². The van der Waals surface area contributed by atoms with E-state index < -0.39 is 18.5 Å². The molecule has 2 aliphatic rings. The first-order chi connectivity index (χ1) is 13.3. The Morgan fingerprint density at radius 3 is 2.50 bits per heavy atom. The number of carbonyl (C=O) groups is 1. The minimum absolute atomic E-state index is 0.0208. The number of hydrogen-bond acceptors (Lipinski definition) is 4. The number of amides is 1. The normalized spacial score (nSPS) is 23.8. The van der Waals surface area contributed by atoms with Crippen molar-refractivity contribution in [3.05, 3.63) is 23.8 Å². The Labute approximate surface area is 166 Å². The summed E-state index contributed by atoms with van der Waals surface area (Å²) in [6, 6.07) is 3.74. The fourth-order valence-corrected chi connectivity index (χ4v) is 4.44. The van der Waals surface area contributed by atoms with Crippen LogP contribution in [0.5, 0.6) is 0 Å². The van der Waals surface area contributed by atoms with Gasteiger partial charge >= 0.3 is 0 Å². The number of anilines is 1. The van der Waals surface area contributed by atoms with Crippen molar-refractivity contribution in [2.75, 3.05) is 44.3 Å². The third kappa shape index (κ3) is 4.80. The molecule has 1 aromatic rings. The van der Waals surface area contributed by atoms with E-state index in [1.807, 2.05) is 4.90 Å². The Balaban J connectivity index is 1.56. The van der Waals surface area contributed by atoms with Gasteiger partial charge in [0.2, 0.25) is 5.95 Å². The van der Waals surface area contributed by atoms with Gasteiger partial charge in [0.1, 0.15) is 12.4 Å². The fraction of sp³-hybridized carbons (Fsp3) is 0.714. The van der Waals surface area contributed by atoms with Gasteiger partial charge in [-0.2, -0.15) is 4.39 Å². The number of halogens is 2. The topological polar surface area (TPSA) is 48.5 Å². The molecule has 156 valence electrons. The third-order valence-corrected chi connectivity index (χ3v) is 6.24. The molecule has 1 saturated heterocycles. The Morgan fingerprint density at radius 1 is 1.21 bits per heavy atom. The lowest BCUT2D eigenvalue weighted by atomic mass is 9.79.